The van der Waals surface area contributed by atoms with E-state index in [4.69, 9.17) is 5.73 Å². The van der Waals surface area contributed by atoms with E-state index in [0.29, 0.717) is 32.5 Å². The molecule has 1 aliphatic rings. The monoisotopic (exact) mass is 425 g/mol. The molecule has 11 heteroatoms. The first-order valence-corrected chi connectivity index (χ1v) is 11.3. The molecule has 0 saturated carbocycles. The van der Waals surface area contributed by atoms with Crippen LogP contribution in [0.4, 0.5) is 0 Å². The number of sulfone groups is 1. The zero-order valence-electron chi connectivity index (χ0n) is 14.4. The first-order valence-electron chi connectivity index (χ1n) is 7.94. The summed E-state index contributed by atoms with van der Waals surface area (Å²) in [4.78, 5) is 12.1. The Morgan fingerprint density at radius 1 is 1.19 bits per heavy atom. The van der Waals surface area contributed by atoms with E-state index in [0.717, 1.165) is 6.26 Å². The van der Waals surface area contributed by atoms with Gasteiger partial charge in [-0.1, -0.05) is 0 Å². The number of piperidine rings is 1. The number of rotatable bonds is 6. The van der Waals surface area contributed by atoms with Gasteiger partial charge in [-0.25, -0.2) is 16.8 Å². The van der Waals surface area contributed by atoms with Crippen molar-refractivity contribution in [1.29, 1.82) is 0 Å². The van der Waals surface area contributed by atoms with Gasteiger partial charge in [0.1, 0.15) is 0 Å². The lowest BCUT2D eigenvalue weighted by molar-refractivity contribution is -0.126. The van der Waals surface area contributed by atoms with Crippen molar-refractivity contribution in [3.63, 3.8) is 0 Å². The number of hydrogen-bond acceptors (Lipinski definition) is 6. The summed E-state index contributed by atoms with van der Waals surface area (Å²) in [6.45, 7) is 1.12. The van der Waals surface area contributed by atoms with Gasteiger partial charge in [0, 0.05) is 32.4 Å². The van der Waals surface area contributed by atoms with Crippen molar-refractivity contribution in [2.24, 2.45) is 11.7 Å². The first kappa shape index (κ1) is 22.8. The van der Waals surface area contributed by atoms with E-state index in [1.54, 1.807) is 0 Å². The molecule has 1 aromatic carbocycles. The summed E-state index contributed by atoms with van der Waals surface area (Å²) in [5.41, 5.74) is 5.36. The Labute approximate surface area is 160 Å². The summed E-state index contributed by atoms with van der Waals surface area (Å²) in [6, 6.07) is 5.11. The van der Waals surface area contributed by atoms with Crippen LogP contribution in [0.25, 0.3) is 0 Å². The quantitative estimate of drug-likeness (QED) is 0.659. The standard InChI is InChI=1S/C15H23N3O5S2.ClH/c1-24(20,21)13-4-6-14(7-5-13)25(22,23)18-10-2-3-12(11-18)15(19)17-9-8-16;/h4-7,12H,2-3,8-11,16H2,1H3,(H,17,19);1H. The van der Waals surface area contributed by atoms with Gasteiger partial charge in [-0.05, 0) is 37.1 Å². The lowest BCUT2D eigenvalue weighted by Crippen LogP contribution is -2.46. The van der Waals surface area contributed by atoms with Crippen LogP contribution in [-0.4, -0.2) is 59.5 Å². The highest BCUT2D eigenvalue weighted by Gasteiger charge is 2.33. The van der Waals surface area contributed by atoms with Gasteiger partial charge in [0.25, 0.3) is 0 Å². The summed E-state index contributed by atoms with van der Waals surface area (Å²) in [7, 11) is -7.17. The lowest BCUT2D eigenvalue weighted by Gasteiger charge is -2.31. The van der Waals surface area contributed by atoms with Crippen molar-refractivity contribution in [2.75, 3.05) is 32.4 Å². The van der Waals surface area contributed by atoms with Gasteiger partial charge in [0.05, 0.1) is 15.7 Å². The van der Waals surface area contributed by atoms with E-state index in [2.05, 4.69) is 5.32 Å². The molecule has 1 saturated heterocycles. The maximum absolute atomic E-state index is 12.8. The number of amides is 1. The third-order valence-electron chi connectivity index (χ3n) is 4.09. The van der Waals surface area contributed by atoms with Crippen molar-refractivity contribution in [3.05, 3.63) is 24.3 Å². The third-order valence-corrected chi connectivity index (χ3v) is 7.10. The summed E-state index contributed by atoms with van der Waals surface area (Å²) < 4.78 is 49.8. The molecule has 1 aliphatic heterocycles. The zero-order chi connectivity index (χ0) is 18.7. The predicted molar refractivity (Wildman–Crippen MR) is 100 cm³/mol. The van der Waals surface area contributed by atoms with Gasteiger partial charge in [-0.15, -0.1) is 12.4 Å². The zero-order valence-corrected chi connectivity index (χ0v) is 16.9. The molecule has 1 atom stereocenters. The number of nitrogens with one attached hydrogen (secondary N) is 1. The van der Waals surface area contributed by atoms with Crippen LogP contribution in [-0.2, 0) is 24.7 Å². The Morgan fingerprint density at radius 2 is 1.77 bits per heavy atom. The maximum atomic E-state index is 12.8. The van der Waals surface area contributed by atoms with Crippen molar-refractivity contribution < 1.29 is 21.6 Å². The largest absolute Gasteiger partial charge is 0.355 e. The van der Waals surface area contributed by atoms with E-state index in [-0.39, 0.29) is 34.6 Å². The van der Waals surface area contributed by atoms with Crippen LogP contribution in [0.15, 0.2) is 34.1 Å². The van der Waals surface area contributed by atoms with E-state index in [1.807, 2.05) is 0 Å². The third kappa shape index (κ3) is 5.40. The van der Waals surface area contributed by atoms with Crippen LogP contribution in [0.1, 0.15) is 12.8 Å². The van der Waals surface area contributed by atoms with Crippen molar-refractivity contribution >= 4 is 38.2 Å². The van der Waals surface area contributed by atoms with Gasteiger partial charge in [0.2, 0.25) is 15.9 Å². The number of nitrogens with two attached hydrogens (primary N) is 1. The van der Waals surface area contributed by atoms with Crippen molar-refractivity contribution in [1.82, 2.24) is 9.62 Å². The Balaban J connectivity index is 0.00000338. The normalized spacial score (nSPS) is 18.8. The minimum atomic E-state index is -3.78. The topological polar surface area (TPSA) is 127 Å². The fourth-order valence-corrected chi connectivity index (χ4v) is 4.88. The molecular formula is C15H24ClN3O5S2. The number of nitrogens with zero attached hydrogens (tertiary/aromatic N) is 1. The van der Waals surface area contributed by atoms with Crippen LogP contribution in [0.2, 0.25) is 0 Å². The number of sulfonamides is 1. The Hall–Kier alpha value is -1.20. The van der Waals surface area contributed by atoms with Crippen molar-refractivity contribution in [2.45, 2.75) is 22.6 Å². The molecule has 0 aromatic heterocycles. The molecule has 3 N–H and O–H groups in total. The summed E-state index contributed by atoms with van der Waals surface area (Å²) >= 11 is 0. The minimum absolute atomic E-state index is 0. The fraction of sp³-hybridized carbons (Fsp3) is 0.533. The van der Waals surface area contributed by atoms with E-state index < -0.39 is 25.8 Å². The van der Waals surface area contributed by atoms with Crippen molar-refractivity contribution in [3.8, 4) is 0 Å². The molecule has 0 bridgehead atoms. The Bertz CT molecular complexity index is 825. The number of carbonyl (C=O) groups excluding carboxylic acids is 1. The second kappa shape index (κ2) is 9.14. The molecule has 148 valence electrons. The average molecular weight is 426 g/mol. The number of hydrogen-bond donors (Lipinski definition) is 2. The lowest BCUT2D eigenvalue weighted by atomic mass is 9.99. The molecule has 1 amide bonds. The van der Waals surface area contributed by atoms with Gasteiger partial charge < -0.3 is 11.1 Å². The smallest absolute Gasteiger partial charge is 0.243 e. The fourth-order valence-electron chi connectivity index (χ4n) is 2.72. The van der Waals surface area contributed by atoms with Gasteiger partial charge in [-0.3, -0.25) is 4.79 Å². The highest BCUT2D eigenvalue weighted by molar-refractivity contribution is 7.90. The second-order valence-electron chi connectivity index (χ2n) is 6.03. The molecule has 26 heavy (non-hydrogen) atoms. The highest BCUT2D eigenvalue weighted by Crippen LogP contribution is 2.24. The number of benzene rings is 1. The second-order valence-corrected chi connectivity index (χ2v) is 9.98. The van der Waals surface area contributed by atoms with E-state index >= 15 is 0 Å². The SMILES string of the molecule is CS(=O)(=O)c1ccc(S(=O)(=O)N2CCCC(C(=O)NCCN)C2)cc1.Cl. The first-order chi connectivity index (χ1) is 11.7. The van der Waals surface area contributed by atoms with Crippen LogP contribution in [0.3, 0.4) is 0 Å². The highest BCUT2D eigenvalue weighted by atomic mass is 35.5. The van der Waals surface area contributed by atoms with E-state index in [1.165, 1.54) is 28.6 Å². The van der Waals surface area contributed by atoms with Gasteiger partial charge in [0.15, 0.2) is 9.84 Å². The molecule has 0 aliphatic carbocycles. The molecule has 0 radical (unpaired) electrons. The maximum Gasteiger partial charge on any atom is 0.243 e. The van der Waals surface area contributed by atoms with Gasteiger partial charge >= 0.3 is 0 Å². The van der Waals surface area contributed by atoms with Crippen LogP contribution < -0.4 is 11.1 Å². The molecule has 1 fully saturated rings. The molecular weight excluding hydrogens is 402 g/mol. The molecule has 1 heterocycles. The van der Waals surface area contributed by atoms with Gasteiger partial charge in [-0.2, -0.15) is 4.31 Å². The molecule has 2 rings (SSSR count). The summed E-state index contributed by atoms with van der Waals surface area (Å²) in [6.07, 6.45) is 2.27. The Morgan fingerprint density at radius 3 is 2.31 bits per heavy atom. The average Bonchev–Trinajstić information content (AvgIpc) is 2.59. The van der Waals surface area contributed by atoms with E-state index in [9.17, 15) is 21.6 Å². The van der Waals surface area contributed by atoms with Crippen LogP contribution >= 0.6 is 12.4 Å². The molecule has 0 spiro atoms. The summed E-state index contributed by atoms with van der Waals surface area (Å²) in [5, 5.41) is 2.69. The molecule has 8 nitrogen and oxygen atoms in total. The summed E-state index contributed by atoms with van der Waals surface area (Å²) in [5.74, 6) is -0.608. The molecule has 1 aromatic rings. The number of carbonyl (C=O) groups is 1. The Kier molecular flexibility index (Phi) is 8.03. The van der Waals surface area contributed by atoms with Crippen LogP contribution in [0.5, 0.6) is 0 Å². The minimum Gasteiger partial charge on any atom is -0.355 e. The van der Waals surface area contributed by atoms with Crippen LogP contribution in [0, 0.1) is 5.92 Å². The molecule has 1 unspecified atom stereocenters. The number of halogens is 1. The predicted octanol–water partition coefficient (Wildman–Crippen LogP) is -0.0125.